The number of aliphatic hydroxyl groups excluding tert-OH is 3. The van der Waals surface area contributed by atoms with Crippen molar-refractivity contribution >= 4 is 6.29 Å². The molecule has 0 aliphatic rings. The van der Waals surface area contributed by atoms with Crippen LogP contribution in [0.1, 0.15) is 0 Å². The predicted molar refractivity (Wildman–Crippen MR) is 39.6 cm³/mol. The summed E-state index contributed by atoms with van der Waals surface area (Å²) >= 11 is 0. The molecule has 0 aromatic carbocycles. The molecular weight excluding hydrogens is 176 g/mol. The van der Waals surface area contributed by atoms with Crippen molar-refractivity contribution in [3.8, 4) is 0 Å². The Morgan fingerprint density at radius 3 is 1.50 bits per heavy atom. The van der Waals surface area contributed by atoms with E-state index in [1.807, 2.05) is 0 Å². The third-order valence-electron chi connectivity index (χ3n) is 0.721. The average Bonchev–Trinajstić information content (AvgIpc) is 1.84. The van der Waals surface area contributed by atoms with Gasteiger partial charge in [-0.25, -0.2) is 0 Å². The second kappa shape index (κ2) is 16.8. The van der Waals surface area contributed by atoms with Crippen LogP contribution in [-0.4, -0.2) is 62.3 Å². The highest BCUT2D eigenvalue weighted by atomic mass is 16.4. The third kappa shape index (κ3) is 12.1. The molecule has 0 amide bonds. The fourth-order valence-corrected chi connectivity index (χ4v) is 0.199. The third-order valence-corrected chi connectivity index (χ3v) is 0.721. The Kier molecular flexibility index (Phi) is 42.1. The molecule has 0 aromatic heterocycles. The Bertz CT molecular complexity index is 75.5. The van der Waals surface area contributed by atoms with Gasteiger partial charge in [0.15, 0.2) is 6.29 Å². The van der Waals surface area contributed by atoms with Gasteiger partial charge in [-0.1, -0.05) is 0 Å². The first kappa shape index (κ1) is 30.1. The van der Waals surface area contributed by atoms with Crippen LogP contribution in [0.4, 0.5) is 0 Å². The van der Waals surface area contributed by atoms with Gasteiger partial charge in [-0.2, -0.15) is 0 Å². The van der Waals surface area contributed by atoms with E-state index in [-0.39, 0.29) is 28.2 Å². The molecule has 0 aromatic rings. The Labute approximate surface area is 68.3 Å². The first-order valence-corrected chi connectivity index (χ1v) is 2.14. The van der Waals surface area contributed by atoms with Gasteiger partial charge < -0.3 is 42.0 Å². The molecule has 8 heteroatoms. The number of aliphatic hydroxyl groups is 3. The maximum Gasteiger partial charge on any atom is 0.151 e. The molecule has 0 saturated heterocycles. The van der Waals surface area contributed by atoms with E-state index in [0.717, 1.165) is 0 Å². The second-order valence-electron chi connectivity index (χ2n) is 1.38. The summed E-state index contributed by atoms with van der Waals surface area (Å²) in [7, 11) is 0. The van der Waals surface area contributed by atoms with Crippen LogP contribution < -0.4 is 0 Å². The van der Waals surface area contributed by atoms with Crippen LogP contribution in [0.5, 0.6) is 0 Å². The molecule has 2 unspecified atom stereocenters. The number of hydrogen-bond donors (Lipinski definition) is 3. The first-order chi connectivity index (χ1) is 3.72. The zero-order valence-electron chi connectivity index (χ0n) is 6.19. The highest BCUT2D eigenvalue weighted by molar-refractivity contribution is 5.56. The summed E-state index contributed by atoms with van der Waals surface area (Å²) < 4.78 is 0. The number of rotatable bonds is 3. The molecule has 0 aliphatic heterocycles. The molecule has 0 aliphatic carbocycles. The molecule has 0 fully saturated rings. The van der Waals surface area contributed by atoms with Crippen LogP contribution in [0.25, 0.3) is 0 Å². The summed E-state index contributed by atoms with van der Waals surface area (Å²) in [6.45, 7) is -0.597. The van der Waals surface area contributed by atoms with Crippen molar-refractivity contribution in [2.24, 2.45) is 0 Å². The molecular formula is C4H16O8. The molecule has 0 saturated carbocycles. The minimum Gasteiger partial charge on any atom is -0.412 e. The van der Waals surface area contributed by atoms with Gasteiger partial charge in [0.1, 0.15) is 12.2 Å². The van der Waals surface area contributed by atoms with Crippen molar-refractivity contribution in [2.75, 3.05) is 6.61 Å². The van der Waals surface area contributed by atoms with Crippen molar-refractivity contribution in [3.63, 3.8) is 0 Å². The second-order valence-corrected chi connectivity index (χ2v) is 1.38. The van der Waals surface area contributed by atoms with Gasteiger partial charge in [-0.15, -0.1) is 0 Å². The summed E-state index contributed by atoms with van der Waals surface area (Å²) in [5, 5.41) is 24.8. The highest BCUT2D eigenvalue weighted by Gasteiger charge is 2.12. The maximum absolute atomic E-state index is 9.58. The first-order valence-electron chi connectivity index (χ1n) is 2.14. The summed E-state index contributed by atoms with van der Waals surface area (Å²) in [6, 6.07) is 0. The Balaban J connectivity index is -0.0000000408. The lowest BCUT2D eigenvalue weighted by molar-refractivity contribution is -0.121. The van der Waals surface area contributed by atoms with E-state index >= 15 is 0 Å². The van der Waals surface area contributed by atoms with Crippen LogP contribution in [0.2, 0.25) is 0 Å². The molecule has 12 heavy (non-hydrogen) atoms. The normalized spacial score (nSPS) is 11.6. The van der Waals surface area contributed by atoms with E-state index in [2.05, 4.69) is 0 Å². The molecule has 0 radical (unpaired) electrons. The molecule has 11 N–H and O–H groups in total. The average molecular weight is 192 g/mol. The lowest BCUT2D eigenvalue weighted by atomic mass is 10.2. The summed E-state index contributed by atoms with van der Waals surface area (Å²) in [5.41, 5.74) is 0. The summed E-state index contributed by atoms with van der Waals surface area (Å²) in [6.07, 6.45) is -2.63. The molecule has 0 spiro atoms. The van der Waals surface area contributed by atoms with Gasteiger partial charge in [-0.3, -0.25) is 0 Å². The molecule has 0 heterocycles. The number of carbonyl (C=O) groups is 1. The number of hydrogen-bond acceptors (Lipinski definition) is 4. The topological polar surface area (TPSA) is 204 Å². The van der Waals surface area contributed by atoms with Crippen molar-refractivity contribution < 1.29 is 42.0 Å². The van der Waals surface area contributed by atoms with E-state index in [0.29, 0.717) is 0 Å². The Morgan fingerprint density at radius 2 is 1.42 bits per heavy atom. The molecule has 0 bridgehead atoms. The Morgan fingerprint density at radius 1 is 1.08 bits per heavy atom. The van der Waals surface area contributed by atoms with E-state index < -0.39 is 18.8 Å². The van der Waals surface area contributed by atoms with E-state index in [9.17, 15) is 4.79 Å². The quantitative estimate of drug-likeness (QED) is 0.374. The number of carbonyl (C=O) groups excluding carboxylic acids is 1. The molecule has 8 nitrogen and oxygen atoms in total. The van der Waals surface area contributed by atoms with Gasteiger partial charge in [0.25, 0.3) is 0 Å². The van der Waals surface area contributed by atoms with Crippen LogP contribution in [0.3, 0.4) is 0 Å². The van der Waals surface area contributed by atoms with Crippen molar-refractivity contribution in [2.45, 2.75) is 12.2 Å². The van der Waals surface area contributed by atoms with Crippen LogP contribution in [0.15, 0.2) is 0 Å². The lowest BCUT2D eigenvalue weighted by Gasteiger charge is -2.06. The zero-order chi connectivity index (χ0) is 6.57. The minimum atomic E-state index is -1.46. The van der Waals surface area contributed by atoms with Crippen molar-refractivity contribution in [3.05, 3.63) is 0 Å². The fourth-order valence-electron chi connectivity index (χ4n) is 0.199. The van der Waals surface area contributed by atoms with Crippen molar-refractivity contribution in [1.29, 1.82) is 0 Å². The van der Waals surface area contributed by atoms with Crippen LogP contribution in [0, 0.1) is 0 Å². The summed E-state index contributed by atoms with van der Waals surface area (Å²) in [5.74, 6) is 0. The lowest BCUT2D eigenvalue weighted by Crippen LogP contribution is -2.30. The maximum atomic E-state index is 9.58. The fraction of sp³-hybridized carbons (Fsp3) is 0.750. The Hall–Kier alpha value is -0.610. The van der Waals surface area contributed by atoms with Crippen LogP contribution in [-0.2, 0) is 4.79 Å². The van der Waals surface area contributed by atoms with Crippen molar-refractivity contribution in [1.82, 2.24) is 0 Å². The van der Waals surface area contributed by atoms with Gasteiger partial charge in [0, 0.05) is 0 Å². The van der Waals surface area contributed by atoms with E-state index in [4.69, 9.17) is 15.3 Å². The van der Waals surface area contributed by atoms with E-state index in [1.54, 1.807) is 0 Å². The van der Waals surface area contributed by atoms with E-state index in [1.165, 1.54) is 0 Å². The molecule has 2 atom stereocenters. The predicted octanol–water partition coefficient (Wildman–Crippen LogP) is -5.40. The standard InChI is InChI=1S/C4H8O4.4H2O/c5-1-3(7)4(8)2-6;;;;/h1,3-4,6-8H,2H2;4*1H2. The van der Waals surface area contributed by atoms with Gasteiger partial charge in [0.2, 0.25) is 0 Å². The van der Waals surface area contributed by atoms with Crippen LogP contribution >= 0.6 is 0 Å². The highest BCUT2D eigenvalue weighted by Crippen LogP contribution is 1.85. The zero-order valence-corrected chi connectivity index (χ0v) is 6.19. The smallest absolute Gasteiger partial charge is 0.151 e. The molecule has 80 valence electrons. The SMILES string of the molecule is O.O.O.O.O=CC(O)C(O)CO. The van der Waals surface area contributed by atoms with Gasteiger partial charge in [0.05, 0.1) is 6.61 Å². The largest absolute Gasteiger partial charge is 0.412 e. The minimum absolute atomic E-state index is 0. The number of aldehydes is 1. The summed E-state index contributed by atoms with van der Waals surface area (Å²) in [4.78, 5) is 9.58. The van der Waals surface area contributed by atoms with Gasteiger partial charge in [-0.05, 0) is 0 Å². The monoisotopic (exact) mass is 192 g/mol. The van der Waals surface area contributed by atoms with Gasteiger partial charge >= 0.3 is 0 Å². The molecule has 0 rings (SSSR count).